The molecule has 0 heterocycles. The molecule has 2 N–H and O–H groups in total. The van der Waals surface area contributed by atoms with Crippen LogP contribution >= 0.6 is 0 Å². The average molecular weight is 259 g/mol. The van der Waals surface area contributed by atoms with Crippen molar-refractivity contribution in [2.45, 2.75) is 52.5 Å². The van der Waals surface area contributed by atoms with Gasteiger partial charge in [-0.3, -0.25) is 9.59 Å². The van der Waals surface area contributed by atoms with Crippen molar-refractivity contribution in [2.24, 2.45) is 5.92 Å². The van der Waals surface area contributed by atoms with Crippen LogP contribution in [0.1, 0.15) is 46.5 Å². The van der Waals surface area contributed by atoms with Crippen LogP contribution in [0.15, 0.2) is 0 Å². The second-order valence-electron chi connectivity index (χ2n) is 4.37. The summed E-state index contributed by atoms with van der Waals surface area (Å²) < 4.78 is 4.92. The summed E-state index contributed by atoms with van der Waals surface area (Å²) in [5.41, 5.74) is 0. The number of ether oxygens (including phenoxy) is 1. The van der Waals surface area contributed by atoms with E-state index in [1.807, 2.05) is 13.8 Å². The highest BCUT2D eigenvalue weighted by atomic mass is 16.5. The molecule has 0 radical (unpaired) electrons. The Morgan fingerprint density at radius 3 is 2.39 bits per heavy atom. The van der Waals surface area contributed by atoms with Gasteiger partial charge in [-0.15, -0.1) is 0 Å². The topological polar surface area (TPSA) is 75.6 Å². The zero-order chi connectivity index (χ0) is 14.0. The molecule has 0 saturated heterocycles. The first kappa shape index (κ1) is 16.9. The SMILES string of the molecule is CCCC(CN[C@@H](CC)C(=O)O)CC(=O)OCC. The van der Waals surface area contributed by atoms with Gasteiger partial charge in [-0.05, 0) is 32.2 Å². The lowest BCUT2D eigenvalue weighted by Gasteiger charge is -2.19. The molecule has 0 aromatic carbocycles. The van der Waals surface area contributed by atoms with E-state index in [-0.39, 0.29) is 11.9 Å². The smallest absolute Gasteiger partial charge is 0.320 e. The van der Waals surface area contributed by atoms with Crippen LogP contribution in [0.3, 0.4) is 0 Å². The number of carboxylic acids is 1. The van der Waals surface area contributed by atoms with E-state index >= 15 is 0 Å². The second kappa shape index (κ2) is 9.88. The van der Waals surface area contributed by atoms with Gasteiger partial charge in [0.15, 0.2) is 0 Å². The number of aliphatic carboxylic acids is 1. The van der Waals surface area contributed by atoms with E-state index in [1.54, 1.807) is 6.92 Å². The van der Waals surface area contributed by atoms with E-state index in [0.29, 0.717) is 26.0 Å². The van der Waals surface area contributed by atoms with E-state index in [4.69, 9.17) is 9.84 Å². The second-order valence-corrected chi connectivity index (χ2v) is 4.37. The van der Waals surface area contributed by atoms with Gasteiger partial charge in [-0.2, -0.15) is 0 Å². The molecule has 0 rings (SSSR count). The van der Waals surface area contributed by atoms with Gasteiger partial charge in [-0.25, -0.2) is 0 Å². The monoisotopic (exact) mass is 259 g/mol. The van der Waals surface area contributed by atoms with Crippen LogP contribution in [0.5, 0.6) is 0 Å². The molecule has 2 atom stereocenters. The van der Waals surface area contributed by atoms with Gasteiger partial charge in [0, 0.05) is 6.42 Å². The Labute approximate surface area is 109 Å². The number of rotatable bonds is 10. The Balaban J connectivity index is 4.17. The summed E-state index contributed by atoms with van der Waals surface area (Å²) in [7, 11) is 0. The molecular formula is C13H25NO4. The normalized spacial score (nSPS) is 13.9. The summed E-state index contributed by atoms with van der Waals surface area (Å²) >= 11 is 0. The molecule has 0 amide bonds. The highest BCUT2D eigenvalue weighted by Crippen LogP contribution is 2.12. The van der Waals surface area contributed by atoms with Crippen LogP contribution in [-0.2, 0) is 14.3 Å². The summed E-state index contributed by atoms with van der Waals surface area (Å²) in [4.78, 5) is 22.3. The number of esters is 1. The van der Waals surface area contributed by atoms with Gasteiger partial charge >= 0.3 is 11.9 Å². The fraction of sp³-hybridized carbons (Fsp3) is 0.846. The molecule has 106 valence electrons. The minimum atomic E-state index is -0.844. The van der Waals surface area contributed by atoms with E-state index in [0.717, 1.165) is 12.8 Å². The van der Waals surface area contributed by atoms with E-state index in [9.17, 15) is 9.59 Å². The van der Waals surface area contributed by atoms with Crippen LogP contribution in [0.2, 0.25) is 0 Å². The largest absolute Gasteiger partial charge is 0.480 e. The third-order valence-corrected chi connectivity index (χ3v) is 2.82. The Bertz CT molecular complexity index is 255. The maximum Gasteiger partial charge on any atom is 0.320 e. The van der Waals surface area contributed by atoms with Gasteiger partial charge in [0.05, 0.1) is 6.61 Å². The lowest BCUT2D eigenvalue weighted by atomic mass is 9.99. The Kier molecular flexibility index (Phi) is 9.28. The molecule has 0 spiro atoms. The fourth-order valence-corrected chi connectivity index (χ4v) is 1.86. The van der Waals surface area contributed by atoms with Crippen LogP contribution in [0, 0.1) is 5.92 Å². The molecule has 0 saturated carbocycles. The van der Waals surface area contributed by atoms with Gasteiger partial charge in [0.2, 0.25) is 0 Å². The summed E-state index contributed by atoms with van der Waals surface area (Å²) in [6.07, 6.45) is 2.75. The zero-order valence-electron chi connectivity index (χ0n) is 11.6. The molecule has 0 fully saturated rings. The van der Waals surface area contributed by atoms with E-state index in [2.05, 4.69) is 5.32 Å². The molecular weight excluding hydrogens is 234 g/mol. The molecule has 18 heavy (non-hydrogen) atoms. The summed E-state index contributed by atoms with van der Waals surface area (Å²) in [5, 5.41) is 11.9. The molecule has 0 aliphatic heterocycles. The lowest BCUT2D eigenvalue weighted by Crippen LogP contribution is -2.39. The quantitative estimate of drug-likeness (QED) is 0.585. The van der Waals surface area contributed by atoms with Crippen molar-refractivity contribution in [1.82, 2.24) is 5.32 Å². The Morgan fingerprint density at radius 1 is 1.28 bits per heavy atom. The predicted molar refractivity (Wildman–Crippen MR) is 69.4 cm³/mol. The summed E-state index contributed by atoms with van der Waals surface area (Å²) in [5.74, 6) is -0.910. The Morgan fingerprint density at radius 2 is 1.94 bits per heavy atom. The maximum atomic E-state index is 11.4. The van der Waals surface area contributed by atoms with Crippen molar-refractivity contribution in [3.63, 3.8) is 0 Å². The number of hydrogen-bond acceptors (Lipinski definition) is 4. The molecule has 0 aromatic heterocycles. The maximum absolute atomic E-state index is 11.4. The third kappa shape index (κ3) is 7.27. The van der Waals surface area contributed by atoms with E-state index < -0.39 is 12.0 Å². The van der Waals surface area contributed by atoms with Crippen LogP contribution in [-0.4, -0.2) is 36.2 Å². The van der Waals surface area contributed by atoms with Gasteiger partial charge in [0.1, 0.15) is 6.04 Å². The minimum absolute atomic E-state index is 0.141. The molecule has 0 aliphatic rings. The predicted octanol–water partition coefficient (Wildman–Crippen LogP) is 1.81. The fourth-order valence-electron chi connectivity index (χ4n) is 1.86. The third-order valence-electron chi connectivity index (χ3n) is 2.82. The van der Waals surface area contributed by atoms with Crippen LogP contribution in [0.4, 0.5) is 0 Å². The lowest BCUT2D eigenvalue weighted by molar-refractivity contribution is -0.144. The number of hydrogen-bond donors (Lipinski definition) is 2. The van der Waals surface area contributed by atoms with Gasteiger partial charge in [0.25, 0.3) is 0 Å². The average Bonchev–Trinajstić information content (AvgIpc) is 2.29. The first-order valence-electron chi connectivity index (χ1n) is 6.66. The summed E-state index contributed by atoms with van der Waals surface area (Å²) in [6.45, 7) is 6.58. The molecule has 0 aliphatic carbocycles. The molecule has 1 unspecified atom stereocenters. The van der Waals surface area contributed by atoms with Crippen LogP contribution in [0.25, 0.3) is 0 Å². The molecule has 5 nitrogen and oxygen atoms in total. The number of carbonyl (C=O) groups excluding carboxylic acids is 1. The standard InChI is InChI=1S/C13H25NO4/c1-4-7-10(8-12(15)18-6-3)9-14-11(5-2)13(16)17/h10-11,14H,4-9H2,1-3H3,(H,16,17)/t10?,11-/m0/s1. The number of carbonyl (C=O) groups is 2. The Hall–Kier alpha value is -1.10. The van der Waals surface area contributed by atoms with Crippen molar-refractivity contribution < 1.29 is 19.4 Å². The molecule has 5 heteroatoms. The van der Waals surface area contributed by atoms with Gasteiger partial charge in [-0.1, -0.05) is 20.3 Å². The van der Waals surface area contributed by atoms with Crippen molar-refractivity contribution in [1.29, 1.82) is 0 Å². The van der Waals surface area contributed by atoms with Crippen molar-refractivity contribution in [3.05, 3.63) is 0 Å². The highest BCUT2D eigenvalue weighted by Gasteiger charge is 2.18. The summed E-state index contributed by atoms with van der Waals surface area (Å²) in [6, 6.07) is -0.536. The first-order valence-corrected chi connectivity index (χ1v) is 6.66. The highest BCUT2D eigenvalue weighted by molar-refractivity contribution is 5.73. The van der Waals surface area contributed by atoms with Gasteiger partial charge < -0.3 is 15.2 Å². The first-order chi connectivity index (χ1) is 8.54. The van der Waals surface area contributed by atoms with Crippen LogP contribution < -0.4 is 5.32 Å². The van der Waals surface area contributed by atoms with E-state index in [1.165, 1.54) is 0 Å². The molecule has 0 bridgehead atoms. The minimum Gasteiger partial charge on any atom is -0.480 e. The number of nitrogens with one attached hydrogen (secondary N) is 1. The number of carboxylic acid groups (broad SMARTS) is 1. The zero-order valence-corrected chi connectivity index (χ0v) is 11.6. The molecule has 0 aromatic rings. The van der Waals surface area contributed by atoms with Crippen molar-refractivity contribution >= 4 is 11.9 Å². The van der Waals surface area contributed by atoms with Crippen molar-refractivity contribution in [2.75, 3.05) is 13.2 Å². The van der Waals surface area contributed by atoms with Crippen molar-refractivity contribution in [3.8, 4) is 0 Å².